The van der Waals surface area contributed by atoms with Crippen LogP contribution in [0.2, 0.25) is 10.0 Å². The summed E-state index contributed by atoms with van der Waals surface area (Å²) in [7, 11) is -20.5. The number of para-hydroxylation sites is 2. The SMILES string of the molecule is C=C(CC)C(=O)c1ccc(OCC(=O)NCCCCCCOP(=O)(O)OCCN2C(=CC=CC3=[N+](CCOP(=O)(O)OCCOCCOCCOCCOCCOCCOP(=O)(O)OCCOCCOCCOCCOCCOCCOP(=O)(O)OCCOCCOCCOCCOCCOCCOP(=O)(O)OC)c4ccccc4C3(C)C)C(C)(C)c3ccccc32)c(Cl)c1Cl. The van der Waals surface area contributed by atoms with Crippen molar-refractivity contribution in [1.29, 1.82) is 0 Å². The van der Waals surface area contributed by atoms with Crippen LogP contribution in [-0.2, 0) is 155 Å². The van der Waals surface area contributed by atoms with Gasteiger partial charge in [0.2, 0.25) is 5.69 Å². The second-order valence-corrected chi connectivity index (χ2v) is 37.3. The molecule has 5 unspecified atom stereocenters. The van der Waals surface area contributed by atoms with E-state index in [1.807, 2.05) is 61.5 Å². The van der Waals surface area contributed by atoms with E-state index < -0.39 is 49.9 Å². The van der Waals surface area contributed by atoms with Crippen molar-refractivity contribution in [2.45, 2.75) is 77.6 Å². The van der Waals surface area contributed by atoms with Crippen molar-refractivity contribution < 1.29 is 182 Å². The number of fused-ring (bicyclic) bond motifs is 2. The molecule has 0 saturated heterocycles. The largest absolute Gasteiger partial charge is 0.482 e. The van der Waals surface area contributed by atoms with Crippen LogP contribution in [0.25, 0.3) is 0 Å². The summed E-state index contributed by atoms with van der Waals surface area (Å²) in [4.78, 5) is 77.3. The smallest absolute Gasteiger partial charge is 0.472 e. The number of hydrogen-bond acceptors (Lipinski definition) is 34. The summed E-state index contributed by atoms with van der Waals surface area (Å²) in [6.07, 6.45) is 8.97. The molecular formula is C83H135Cl2N3O38P5+. The van der Waals surface area contributed by atoms with Gasteiger partial charge in [-0.25, -0.2) is 22.8 Å². The van der Waals surface area contributed by atoms with Crippen LogP contribution >= 0.6 is 62.3 Å². The number of ketones is 1. The van der Waals surface area contributed by atoms with Gasteiger partial charge in [0.25, 0.3) is 5.91 Å². The van der Waals surface area contributed by atoms with Crippen LogP contribution in [0.1, 0.15) is 88.2 Å². The number of anilines is 1. The molecule has 6 N–H and O–H groups in total. The molecule has 5 atom stereocenters. The average Bonchev–Trinajstić information content (AvgIpc) is 1.60. The lowest BCUT2D eigenvalue weighted by Crippen LogP contribution is -2.29. The van der Waals surface area contributed by atoms with Crippen LogP contribution in [0.3, 0.4) is 0 Å². The van der Waals surface area contributed by atoms with Gasteiger partial charge in [-0.1, -0.05) is 106 Å². The molecule has 0 aromatic heterocycles. The van der Waals surface area contributed by atoms with E-state index in [0.717, 1.165) is 41.0 Å². The van der Waals surface area contributed by atoms with Crippen LogP contribution in [0, 0.1) is 0 Å². The Morgan fingerprint density at radius 1 is 0.427 bits per heavy atom. The lowest BCUT2D eigenvalue weighted by Gasteiger charge is -2.27. The highest BCUT2D eigenvalue weighted by Gasteiger charge is 2.45. The van der Waals surface area contributed by atoms with Gasteiger partial charge in [0, 0.05) is 60.3 Å². The van der Waals surface area contributed by atoms with Crippen LogP contribution in [0.4, 0.5) is 11.4 Å². The molecule has 3 aromatic carbocycles. The summed E-state index contributed by atoms with van der Waals surface area (Å²) in [6.45, 7) is 20.2. The molecule has 1 amide bonds. The summed E-state index contributed by atoms with van der Waals surface area (Å²) >= 11 is 12.7. The van der Waals surface area contributed by atoms with Gasteiger partial charge in [0.15, 0.2) is 24.6 Å². The van der Waals surface area contributed by atoms with Gasteiger partial charge < -0.3 is 110 Å². The number of nitrogens with zero attached hydrogens (tertiary/aromatic N) is 2. The maximum Gasteiger partial charge on any atom is 0.472 e. The molecule has 131 heavy (non-hydrogen) atoms. The Morgan fingerprint density at radius 2 is 0.779 bits per heavy atom. The number of halogens is 2. The highest BCUT2D eigenvalue weighted by atomic mass is 35.5. The molecular weight excluding hydrogens is 1870 g/mol. The van der Waals surface area contributed by atoms with E-state index in [0.29, 0.717) is 124 Å². The Balaban J connectivity index is 0.786. The van der Waals surface area contributed by atoms with E-state index in [9.17, 15) is 52.0 Å². The third kappa shape index (κ3) is 49.8. The number of ether oxygens (including phenoxy) is 16. The predicted molar refractivity (Wildman–Crippen MR) is 482 cm³/mol. The van der Waals surface area contributed by atoms with Gasteiger partial charge in [0.1, 0.15) is 17.4 Å². The van der Waals surface area contributed by atoms with Crippen LogP contribution in [0.5, 0.6) is 5.75 Å². The third-order valence-corrected chi connectivity index (χ3v) is 24.8. The van der Waals surface area contributed by atoms with Crippen molar-refractivity contribution in [3.8, 4) is 5.75 Å². The number of unbranched alkanes of at least 4 members (excludes halogenated alkanes) is 3. The molecule has 2 aliphatic rings. The van der Waals surface area contributed by atoms with Gasteiger partial charge in [0.05, 0.1) is 261 Å². The Morgan fingerprint density at radius 3 is 1.18 bits per heavy atom. The molecule has 0 aliphatic carbocycles. The maximum absolute atomic E-state index is 13.1. The fourth-order valence-corrected chi connectivity index (χ4v) is 15.9. The number of amides is 1. The van der Waals surface area contributed by atoms with Gasteiger partial charge in [-0.3, -0.25) is 54.8 Å². The van der Waals surface area contributed by atoms with Crippen molar-refractivity contribution in [2.75, 3.05) is 296 Å². The first-order valence-corrected chi connectivity index (χ1v) is 51.4. The predicted octanol–water partition coefficient (Wildman–Crippen LogP) is 11.1. The van der Waals surface area contributed by atoms with E-state index >= 15 is 0 Å². The number of phosphoric ester groups is 5. The topological polar surface area (TPSA) is 479 Å². The summed E-state index contributed by atoms with van der Waals surface area (Å²) in [6, 6.07) is 18.9. The second kappa shape index (κ2) is 67.2. The number of nitrogens with one attached hydrogen (secondary N) is 1. The maximum atomic E-state index is 13.1. The number of allylic oxidation sites excluding steroid dienone is 5. The summed E-state index contributed by atoms with van der Waals surface area (Å²) in [5.41, 5.74) is 5.45. The van der Waals surface area contributed by atoms with E-state index in [1.165, 1.54) is 12.1 Å². The lowest BCUT2D eigenvalue weighted by molar-refractivity contribution is -0.440. The summed E-state index contributed by atoms with van der Waals surface area (Å²) in [5.74, 6) is -0.526. The van der Waals surface area contributed by atoms with Crippen LogP contribution in [-0.4, -0.2) is 337 Å². The standard InChI is InChI=1S/C83H134Cl2N3O38P5/c1-8-69(2)81(90)70-24-25-75(80(85)79(70)84)117-68-78(89)86-26-15-9-10-16-29-118-128(93,94)119-30-27-87-73-20-13-11-18-71(73)82(3,4)76(87)22-17-23-77-83(5,6)72-19-12-14-21-74(72)88(77)28-31-120-129(95,96)122-63-57-112-51-45-106-39-33-103-35-41-108-47-53-114-59-65-124-131(99,100)126-67-61-116-55-49-110-43-37-104-36-42-109-48-54-115-60-66-125-130(97,98)123-64-58-113-52-46-107-40-34-102-32-38-105-44-50-111-56-62-121-127(91,92)101-7/h11-14,17-25H,2,8-10,15-16,26-68H2,1,3-7H3,(H5-,86,89,91,92,93,94,95,96,97,98,99,100)/p+1. The lowest BCUT2D eigenvalue weighted by atomic mass is 9.81. The average molecular weight is 2010 g/mol. The van der Waals surface area contributed by atoms with Gasteiger partial charge in [-0.2, -0.15) is 4.58 Å². The quantitative estimate of drug-likeness (QED) is 0.0100. The first-order valence-electron chi connectivity index (χ1n) is 43.1. The van der Waals surface area contributed by atoms with Crippen LogP contribution < -0.4 is 15.0 Å². The van der Waals surface area contributed by atoms with E-state index in [1.54, 1.807) is 0 Å². The molecule has 41 nitrogen and oxygen atoms in total. The molecule has 748 valence electrons. The highest BCUT2D eigenvalue weighted by Crippen LogP contribution is 2.50. The molecule has 2 heterocycles. The van der Waals surface area contributed by atoms with Crippen molar-refractivity contribution >= 4 is 91.1 Å². The van der Waals surface area contributed by atoms with Crippen molar-refractivity contribution in [2.24, 2.45) is 0 Å². The summed E-state index contributed by atoms with van der Waals surface area (Å²) < 4.78 is 201. The number of carbonyl (C=O) groups is 2. The van der Waals surface area contributed by atoms with E-state index in [-0.39, 0.29) is 231 Å². The van der Waals surface area contributed by atoms with Gasteiger partial charge in [-0.05, 0) is 68.5 Å². The Kier molecular flexibility index (Phi) is 60.2. The zero-order chi connectivity index (χ0) is 95.4. The fourth-order valence-electron chi connectivity index (χ4n) is 12.3. The van der Waals surface area contributed by atoms with E-state index in [4.69, 9.17) is 140 Å². The Bertz CT molecular complexity index is 4100. The van der Waals surface area contributed by atoms with Crippen molar-refractivity contribution in [1.82, 2.24) is 5.32 Å². The molecule has 0 radical (unpaired) electrons. The minimum absolute atomic E-state index is 0.00788. The molecule has 48 heteroatoms. The number of carbonyl (C=O) groups excluding carboxylic acids is 2. The molecule has 0 spiro atoms. The molecule has 2 aliphatic heterocycles. The third-order valence-electron chi connectivity index (χ3n) is 18.9. The number of rotatable bonds is 85. The monoisotopic (exact) mass is 2010 g/mol. The zero-order valence-corrected chi connectivity index (χ0v) is 81.7. The number of hydrogen-bond donors (Lipinski definition) is 6. The fraction of sp³-hybridized carbons (Fsp3) is 0.675. The Hall–Kier alpha value is -4.18. The zero-order valence-electron chi connectivity index (χ0n) is 75.7. The second-order valence-electron chi connectivity index (χ2n) is 29.2. The minimum atomic E-state index is -4.48. The molecule has 0 saturated carbocycles. The summed E-state index contributed by atoms with van der Waals surface area (Å²) in [5, 5.41) is 2.83. The molecule has 0 fully saturated rings. The Labute approximate surface area is 777 Å². The van der Waals surface area contributed by atoms with Gasteiger partial charge in [-0.15, -0.1) is 0 Å². The normalized spacial score (nSPS) is 16.2. The van der Waals surface area contributed by atoms with E-state index in [2.05, 4.69) is 70.2 Å². The first-order chi connectivity index (χ1) is 62.9. The minimum Gasteiger partial charge on any atom is -0.482 e. The first kappa shape index (κ1) is 117. The molecule has 5 rings (SSSR count). The number of phosphoric acid groups is 5. The van der Waals surface area contributed by atoms with Crippen LogP contribution in [0.15, 0.2) is 96.7 Å². The van der Waals surface area contributed by atoms with Gasteiger partial charge >= 0.3 is 39.1 Å². The number of Topliss-reactive ketones (excluding diaryl/α,β-unsaturated/α-hetero) is 1. The number of benzene rings is 3. The van der Waals surface area contributed by atoms with Crippen molar-refractivity contribution in [3.05, 3.63) is 123 Å². The molecule has 0 bridgehead atoms. The highest BCUT2D eigenvalue weighted by molar-refractivity contribution is 7.48. The van der Waals surface area contributed by atoms with Crippen molar-refractivity contribution in [3.63, 3.8) is 0 Å². The molecule has 3 aromatic rings.